The van der Waals surface area contributed by atoms with Gasteiger partial charge in [-0.25, -0.2) is 9.37 Å². The first kappa shape index (κ1) is 22.1. The molecule has 31 heavy (non-hydrogen) atoms. The normalized spacial score (nSPS) is 21.8. The SMILES string of the molecule is C[C@@H]1CCCN(C2CCN(C(=O)c3cnc(N(C)[C@@H](C)c4ncccc4F)s3)CC2)C1. The summed E-state index contributed by atoms with van der Waals surface area (Å²) in [6.07, 6.45) is 7.95. The van der Waals surface area contributed by atoms with Crippen molar-refractivity contribution in [1.82, 2.24) is 19.8 Å². The third-order valence-electron chi connectivity index (χ3n) is 6.73. The van der Waals surface area contributed by atoms with Gasteiger partial charge in [-0.15, -0.1) is 0 Å². The number of rotatable bonds is 5. The molecule has 0 aromatic carbocycles. The minimum atomic E-state index is -0.333. The summed E-state index contributed by atoms with van der Waals surface area (Å²) in [4.78, 5) is 28.8. The number of likely N-dealkylation sites (tertiary alicyclic amines) is 2. The second-order valence-electron chi connectivity index (χ2n) is 8.93. The van der Waals surface area contributed by atoms with E-state index in [1.54, 1.807) is 18.5 Å². The van der Waals surface area contributed by atoms with Crippen LogP contribution in [0.4, 0.5) is 9.52 Å². The highest BCUT2D eigenvalue weighted by molar-refractivity contribution is 7.17. The molecule has 2 fully saturated rings. The molecule has 0 N–H and O–H groups in total. The number of carbonyl (C=O) groups excluding carboxylic acids is 1. The Morgan fingerprint density at radius 3 is 2.74 bits per heavy atom. The Morgan fingerprint density at radius 1 is 1.26 bits per heavy atom. The minimum absolute atomic E-state index is 0.0549. The number of hydrogen-bond acceptors (Lipinski definition) is 6. The number of halogens is 1. The van der Waals surface area contributed by atoms with Gasteiger partial charge in [-0.2, -0.15) is 0 Å². The van der Waals surface area contributed by atoms with Gasteiger partial charge in [0.1, 0.15) is 10.7 Å². The molecule has 2 aromatic heterocycles. The maximum Gasteiger partial charge on any atom is 0.265 e. The number of amides is 1. The van der Waals surface area contributed by atoms with Crippen molar-refractivity contribution < 1.29 is 9.18 Å². The predicted molar refractivity (Wildman–Crippen MR) is 122 cm³/mol. The van der Waals surface area contributed by atoms with Crippen LogP contribution in [0.25, 0.3) is 0 Å². The van der Waals surface area contributed by atoms with Crippen molar-refractivity contribution in [3.05, 3.63) is 40.9 Å². The monoisotopic (exact) mass is 445 g/mol. The van der Waals surface area contributed by atoms with Crippen LogP contribution in [0.3, 0.4) is 0 Å². The van der Waals surface area contributed by atoms with Gasteiger partial charge in [0.2, 0.25) is 0 Å². The van der Waals surface area contributed by atoms with Gasteiger partial charge in [-0.1, -0.05) is 18.3 Å². The van der Waals surface area contributed by atoms with Gasteiger partial charge < -0.3 is 9.80 Å². The molecule has 4 rings (SSSR count). The van der Waals surface area contributed by atoms with E-state index in [9.17, 15) is 9.18 Å². The second kappa shape index (κ2) is 9.61. The Kier molecular flexibility index (Phi) is 6.86. The maximum absolute atomic E-state index is 14.1. The third kappa shape index (κ3) is 4.90. The van der Waals surface area contributed by atoms with Crippen LogP contribution < -0.4 is 4.90 Å². The average molecular weight is 446 g/mol. The number of aromatic nitrogens is 2. The molecule has 0 radical (unpaired) electrons. The number of pyridine rings is 1. The summed E-state index contributed by atoms with van der Waals surface area (Å²) in [7, 11) is 1.86. The molecule has 1 amide bonds. The first-order valence-electron chi connectivity index (χ1n) is 11.3. The lowest BCUT2D eigenvalue weighted by atomic mass is 9.95. The van der Waals surface area contributed by atoms with Gasteiger partial charge in [-0.3, -0.25) is 14.7 Å². The van der Waals surface area contributed by atoms with Crippen molar-refractivity contribution in [3.8, 4) is 0 Å². The Morgan fingerprint density at radius 2 is 2.03 bits per heavy atom. The Bertz CT molecular complexity index is 898. The summed E-state index contributed by atoms with van der Waals surface area (Å²) < 4.78 is 14.1. The van der Waals surface area contributed by atoms with Gasteiger partial charge in [0.05, 0.1) is 17.9 Å². The van der Waals surface area contributed by atoms with E-state index in [1.807, 2.05) is 23.8 Å². The van der Waals surface area contributed by atoms with Crippen molar-refractivity contribution in [2.75, 3.05) is 38.1 Å². The zero-order valence-electron chi connectivity index (χ0n) is 18.6. The van der Waals surface area contributed by atoms with E-state index in [1.165, 1.54) is 43.3 Å². The van der Waals surface area contributed by atoms with Crippen LogP contribution in [-0.4, -0.2) is 64.9 Å². The highest BCUT2D eigenvalue weighted by Crippen LogP contribution is 2.31. The first-order chi connectivity index (χ1) is 14.9. The lowest BCUT2D eigenvalue weighted by molar-refractivity contribution is 0.0545. The van der Waals surface area contributed by atoms with E-state index < -0.39 is 0 Å². The van der Waals surface area contributed by atoms with Crippen LogP contribution in [0, 0.1) is 11.7 Å². The smallest absolute Gasteiger partial charge is 0.265 e. The highest BCUT2D eigenvalue weighted by Gasteiger charge is 2.30. The number of carbonyl (C=O) groups is 1. The lowest BCUT2D eigenvalue weighted by Crippen LogP contribution is -2.49. The molecule has 0 spiro atoms. The van der Waals surface area contributed by atoms with E-state index in [0.29, 0.717) is 21.7 Å². The molecule has 168 valence electrons. The minimum Gasteiger partial charge on any atom is -0.343 e. The lowest BCUT2D eigenvalue weighted by Gasteiger charge is -2.41. The molecule has 0 unspecified atom stereocenters. The molecule has 2 saturated heterocycles. The Labute approximate surface area is 188 Å². The van der Waals surface area contributed by atoms with Crippen molar-refractivity contribution in [2.45, 2.75) is 51.6 Å². The highest BCUT2D eigenvalue weighted by atomic mass is 32.1. The second-order valence-corrected chi connectivity index (χ2v) is 9.94. The quantitative estimate of drug-likeness (QED) is 0.690. The fraction of sp³-hybridized carbons (Fsp3) is 0.609. The number of thiazole rings is 1. The topological polar surface area (TPSA) is 52.6 Å². The fourth-order valence-electron chi connectivity index (χ4n) is 4.73. The number of hydrogen-bond donors (Lipinski definition) is 0. The molecular formula is C23H32FN5OS. The fourth-order valence-corrected chi connectivity index (χ4v) is 5.65. The van der Waals surface area contributed by atoms with Crippen LogP contribution in [0.2, 0.25) is 0 Å². The van der Waals surface area contributed by atoms with Crippen LogP contribution in [0.5, 0.6) is 0 Å². The molecule has 6 nitrogen and oxygen atoms in total. The molecule has 2 aliphatic rings. The van der Waals surface area contributed by atoms with Crippen molar-refractivity contribution in [2.24, 2.45) is 5.92 Å². The molecule has 0 aliphatic carbocycles. The zero-order valence-corrected chi connectivity index (χ0v) is 19.4. The van der Waals surface area contributed by atoms with E-state index in [-0.39, 0.29) is 17.8 Å². The predicted octanol–water partition coefficient (Wildman–Crippen LogP) is 4.21. The average Bonchev–Trinajstić information content (AvgIpc) is 3.28. The first-order valence-corrected chi connectivity index (χ1v) is 12.1. The molecule has 8 heteroatoms. The maximum atomic E-state index is 14.1. The molecular weight excluding hydrogens is 413 g/mol. The van der Waals surface area contributed by atoms with Crippen LogP contribution in [0.1, 0.15) is 60.9 Å². The summed E-state index contributed by atoms with van der Waals surface area (Å²) in [5, 5.41) is 0.693. The molecule has 2 aliphatic heterocycles. The van der Waals surface area contributed by atoms with Gasteiger partial charge in [0, 0.05) is 38.9 Å². The third-order valence-corrected chi connectivity index (χ3v) is 7.80. The Hall–Kier alpha value is -2.06. The van der Waals surface area contributed by atoms with Gasteiger partial charge in [-0.05, 0) is 57.2 Å². The van der Waals surface area contributed by atoms with Gasteiger partial charge >= 0.3 is 0 Å². The molecule has 2 aromatic rings. The van der Waals surface area contributed by atoms with Crippen molar-refractivity contribution in [3.63, 3.8) is 0 Å². The van der Waals surface area contributed by atoms with Crippen molar-refractivity contribution in [1.29, 1.82) is 0 Å². The van der Waals surface area contributed by atoms with Gasteiger partial charge in [0.25, 0.3) is 5.91 Å². The van der Waals surface area contributed by atoms with E-state index >= 15 is 0 Å². The molecule has 0 saturated carbocycles. The van der Waals surface area contributed by atoms with E-state index in [4.69, 9.17) is 0 Å². The van der Waals surface area contributed by atoms with Crippen LogP contribution in [-0.2, 0) is 0 Å². The molecule has 0 bridgehead atoms. The summed E-state index contributed by atoms with van der Waals surface area (Å²) in [6, 6.07) is 3.32. The standard InChI is InChI=1S/C23H32FN5OS/c1-16-6-5-11-29(15-16)18-8-12-28(13-9-18)22(30)20-14-26-23(31-20)27(3)17(2)21-19(24)7-4-10-25-21/h4,7,10,14,16-18H,5-6,8-9,11-13,15H2,1-3H3/t16-,17+/m1/s1. The molecule has 2 atom stereocenters. The summed E-state index contributed by atoms with van der Waals surface area (Å²) in [5.41, 5.74) is 0.377. The summed E-state index contributed by atoms with van der Waals surface area (Å²) in [5.74, 6) is 0.503. The number of anilines is 1. The summed E-state index contributed by atoms with van der Waals surface area (Å²) >= 11 is 1.36. The zero-order chi connectivity index (χ0) is 22.0. The Balaban J connectivity index is 1.36. The molecule has 4 heterocycles. The van der Waals surface area contributed by atoms with E-state index in [2.05, 4.69) is 21.8 Å². The summed E-state index contributed by atoms with van der Waals surface area (Å²) in [6.45, 7) is 8.22. The van der Waals surface area contributed by atoms with E-state index in [0.717, 1.165) is 31.8 Å². The van der Waals surface area contributed by atoms with Gasteiger partial charge in [0.15, 0.2) is 5.13 Å². The largest absolute Gasteiger partial charge is 0.343 e. The van der Waals surface area contributed by atoms with Crippen LogP contribution in [0.15, 0.2) is 24.5 Å². The van der Waals surface area contributed by atoms with Crippen molar-refractivity contribution >= 4 is 22.4 Å². The van der Waals surface area contributed by atoms with Crippen LogP contribution >= 0.6 is 11.3 Å². The number of nitrogens with zero attached hydrogens (tertiary/aromatic N) is 5. The number of piperidine rings is 2.